The lowest BCUT2D eigenvalue weighted by molar-refractivity contribution is 0.145. The first-order valence-corrected chi connectivity index (χ1v) is 11.5. The third kappa shape index (κ3) is 3.79. The van der Waals surface area contributed by atoms with Crippen LogP contribution in [0.25, 0.3) is 0 Å². The number of benzene rings is 1. The Morgan fingerprint density at radius 3 is 2.20 bits per heavy atom. The Morgan fingerprint density at radius 1 is 0.840 bits per heavy atom. The maximum atomic E-state index is 12.7. The summed E-state index contributed by atoms with van der Waals surface area (Å²) >= 11 is 0. The first-order chi connectivity index (χ1) is 12.1. The van der Waals surface area contributed by atoms with E-state index in [1.807, 2.05) is 4.31 Å². The van der Waals surface area contributed by atoms with E-state index in [2.05, 4.69) is 35.2 Å². The molecular weight excluding hydrogens is 332 g/mol. The molecule has 5 heteroatoms. The van der Waals surface area contributed by atoms with Crippen molar-refractivity contribution in [3.63, 3.8) is 0 Å². The zero-order valence-electron chi connectivity index (χ0n) is 15.0. The summed E-state index contributed by atoms with van der Waals surface area (Å²) in [5.41, 5.74) is 1.44. The van der Waals surface area contributed by atoms with Gasteiger partial charge in [-0.25, -0.2) is 8.42 Å². The SMILES string of the molecule is O=S1(=O)CC(N2CCC(c3ccccc3)CC2)CN1C1CCCCC1. The second kappa shape index (κ2) is 7.37. The van der Waals surface area contributed by atoms with E-state index >= 15 is 0 Å². The number of piperidine rings is 1. The van der Waals surface area contributed by atoms with Gasteiger partial charge in [0.2, 0.25) is 10.0 Å². The van der Waals surface area contributed by atoms with Crippen LogP contribution >= 0.6 is 0 Å². The summed E-state index contributed by atoms with van der Waals surface area (Å²) < 4.78 is 27.3. The van der Waals surface area contributed by atoms with Gasteiger partial charge >= 0.3 is 0 Å². The van der Waals surface area contributed by atoms with Crippen LogP contribution in [0.1, 0.15) is 56.4 Å². The molecule has 0 bridgehead atoms. The summed E-state index contributed by atoms with van der Waals surface area (Å²) in [6, 6.07) is 11.2. The van der Waals surface area contributed by atoms with Gasteiger partial charge in [-0.05, 0) is 50.3 Å². The minimum atomic E-state index is -3.06. The van der Waals surface area contributed by atoms with E-state index in [1.54, 1.807) is 0 Å². The van der Waals surface area contributed by atoms with Crippen molar-refractivity contribution in [3.05, 3.63) is 35.9 Å². The van der Waals surface area contributed by atoms with E-state index in [0.717, 1.165) is 45.3 Å². The highest BCUT2D eigenvalue weighted by atomic mass is 32.2. The average Bonchev–Trinajstić information content (AvgIpc) is 2.99. The third-order valence-corrected chi connectivity index (χ3v) is 8.42. The van der Waals surface area contributed by atoms with Gasteiger partial charge in [0.15, 0.2) is 0 Å². The molecule has 4 nitrogen and oxygen atoms in total. The summed E-state index contributed by atoms with van der Waals surface area (Å²) in [7, 11) is -3.06. The molecule has 2 heterocycles. The van der Waals surface area contributed by atoms with Gasteiger partial charge in [0.05, 0.1) is 5.75 Å². The Balaban J connectivity index is 1.37. The molecule has 138 valence electrons. The van der Waals surface area contributed by atoms with E-state index in [1.165, 1.54) is 24.8 Å². The van der Waals surface area contributed by atoms with Gasteiger partial charge in [0.25, 0.3) is 0 Å². The minimum Gasteiger partial charge on any atom is -0.298 e. The van der Waals surface area contributed by atoms with E-state index < -0.39 is 10.0 Å². The predicted molar refractivity (Wildman–Crippen MR) is 101 cm³/mol. The molecule has 0 amide bonds. The maximum absolute atomic E-state index is 12.7. The van der Waals surface area contributed by atoms with Gasteiger partial charge in [-0.3, -0.25) is 4.90 Å². The molecule has 3 fully saturated rings. The van der Waals surface area contributed by atoms with Crippen LogP contribution in [0.3, 0.4) is 0 Å². The van der Waals surface area contributed by atoms with E-state index in [-0.39, 0.29) is 12.1 Å². The quantitative estimate of drug-likeness (QED) is 0.829. The Bertz CT molecular complexity index is 662. The van der Waals surface area contributed by atoms with Crippen molar-refractivity contribution in [1.82, 2.24) is 9.21 Å². The normalized spacial score (nSPS) is 29.8. The molecular formula is C20H30N2O2S. The second-order valence-corrected chi connectivity index (χ2v) is 9.98. The molecule has 1 aromatic carbocycles. The molecule has 0 radical (unpaired) electrons. The van der Waals surface area contributed by atoms with Crippen LogP contribution < -0.4 is 0 Å². The van der Waals surface area contributed by atoms with Crippen LogP contribution in [-0.4, -0.2) is 55.1 Å². The highest BCUT2D eigenvalue weighted by Crippen LogP contribution is 2.33. The van der Waals surface area contributed by atoms with Crippen molar-refractivity contribution in [2.24, 2.45) is 0 Å². The number of sulfonamides is 1. The number of hydrogen-bond donors (Lipinski definition) is 0. The lowest BCUT2D eigenvalue weighted by atomic mass is 9.89. The minimum absolute atomic E-state index is 0.198. The van der Waals surface area contributed by atoms with Gasteiger partial charge < -0.3 is 0 Å². The molecule has 1 unspecified atom stereocenters. The summed E-state index contributed by atoms with van der Waals surface area (Å²) in [6.07, 6.45) is 8.03. The van der Waals surface area contributed by atoms with Crippen LogP contribution in [0, 0.1) is 0 Å². The van der Waals surface area contributed by atoms with Crippen molar-refractivity contribution < 1.29 is 8.42 Å². The fourth-order valence-electron chi connectivity index (χ4n) is 5.00. The van der Waals surface area contributed by atoms with E-state index in [0.29, 0.717) is 11.7 Å². The standard InChI is InChI=1S/C20H30N2O2S/c23-25(24)16-20(15-22(25)19-9-5-2-6-10-19)21-13-11-18(12-14-21)17-7-3-1-4-8-17/h1,3-4,7-8,18-20H,2,5-6,9-16H2. The largest absolute Gasteiger partial charge is 0.298 e. The molecule has 0 aromatic heterocycles. The van der Waals surface area contributed by atoms with Gasteiger partial charge in [-0.2, -0.15) is 4.31 Å². The molecule has 0 spiro atoms. The Hall–Kier alpha value is -0.910. The molecule has 0 N–H and O–H groups in total. The van der Waals surface area contributed by atoms with Gasteiger partial charge in [-0.1, -0.05) is 49.6 Å². The zero-order valence-corrected chi connectivity index (χ0v) is 15.8. The summed E-state index contributed by atoms with van der Waals surface area (Å²) in [5, 5.41) is 0. The Labute approximate surface area is 152 Å². The smallest absolute Gasteiger partial charge is 0.216 e. The van der Waals surface area contributed by atoms with Crippen molar-refractivity contribution in [1.29, 1.82) is 0 Å². The van der Waals surface area contributed by atoms with E-state index in [9.17, 15) is 8.42 Å². The summed E-state index contributed by atoms with van der Waals surface area (Å²) in [6.45, 7) is 2.78. The van der Waals surface area contributed by atoms with Crippen molar-refractivity contribution >= 4 is 10.0 Å². The lowest BCUT2D eigenvalue weighted by Gasteiger charge is -2.36. The lowest BCUT2D eigenvalue weighted by Crippen LogP contribution is -2.44. The van der Waals surface area contributed by atoms with Crippen molar-refractivity contribution in [2.45, 2.75) is 62.9 Å². The first-order valence-electron chi connectivity index (χ1n) is 9.92. The number of nitrogens with zero attached hydrogens (tertiary/aromatic N) is 2. The summed E-state index contributed by atoms with van der Waals surface area (Å²) in [4.78, 5) is 2.44. The molecule has 1 saturated carbocycles. The Morgan fingerprint density at radius 2 is 1.52 bits per heavy atom. The fourth-order valence-corrected chi connectivity index (χ4v) is 7.06. The average molecular weight is 363 g/mol. The molecule has 3 aliphatic rings. The van der Waals surface area contributed by atoms with Crippen LogP contribution in [-0.2, 0) is 10.0 Å². The van der Waals surface area contributed by atoms with Gasteiger partial charge in [0, 0.05) is 18.6 Å². The number of hydrogen-bond acceptors (Lipinski definition) is 3. The topological polar surface area (TPSA) is 40.6 Å². The van der Waals surface area contributed by atoms with Crippen LogP contribution in [0.5, 0.6) is 0 Å². The van der Waals surface area contributed by atoms with Crippen LogP contribution in [0.2, 0.25) is 0 Å². The highest BCUT2D eigenvalue weighted by molar-refractivity contribution is 7.89. The predicted octanol–water partition coefficient (Wildman–Crippen LogP) is 3.21. The fraction of sp³-hybridized carbons (Fsp3) is 0.700. The van der Waals surface area contributed by atoms with Crippen LogP contribution in [0.15, 0.2) is 30.3 Å². The monoisotopic (exact) mass is 362 g/mol. The number of likely N-dealkylation sites (tertiary alicyclic amines) is 1. The second-order valence-electron chi connectivity index (χ2n) is 8.01. The zero-order chi connectivity index (χ0) is 17.3. The molecule has 2 aliphatic heterocycles. The van der Waals surface area contributed by atoms with Gasteiger partial charge in [0.1, 0.15) is 0 Å². The molecule has 1 aliphatic carbocycles. The van der Waals surface area contributed by atoms with Crippen molar-refractivity contribution in [3.8, 4) is 0 Å². The van der Waals surface area contributed by atoms with Crippen LogP contribution in [0.4, 0.5) is 0 Å². The molecule has 25 heavy (non-hydrogen) atoms. The van der Waals surface area contributed by atoms with E-state index in [4.69, 9.17) is 0 Å². The molecule has 4 rings (SSSR count). The Kier molecular flexibility index (Phi) is 5.16. The van der Waals surface area contributed by atoms with Gasteiger partial charge in [-0.15, -0.1) is 0 Å². The first kappa shape index (κ1) is 17.5. The molecule has 2 saturated heterocycles. The maximum Gasteiger partial charge on any atom is 0.216 e. The number of rotatable bonds is 3. The highest BCUT2D eigenvalue weighted by Gasteiger charge is 2.43. The summed E-state index contributed by atoms with van der Waals surface area (Å²) in [5.74, 6) is 0.962. The third-order valence-electron chi connectivity index (χ3n) is 6.45. The molecule has 1 atom stereocenters. The van der Waals surface area contributed by atoms with Crippen molar-refractivity contribution in [2.75, 3.05) is 25.4 Å². The molecule has 1 aromatic rings.